The largest absolute Gasteiger partial charge is 0.469 e. The highest BCUT2D eigenvalue weighted by Gasteiger charge is 2.20. The first-order valence-electron chi connectivity index (χ1n) is 10.3. The number of fused-ring (bicyclic) bond motifs is 3. The van der Waals surface area contributed by atoms with Crippen molar-refractivity contribution in [3.63, 3.8) is 0 Å². The Morgan fingerprint density at radius 2 is 2.07 bits per heavy atom. The van der Waals surface area contributed by atoms with Gasteiger partial charge >= 0.3 is 5.97 Å². The third kappa shape index (κ3) is 5.63. The smallest absolute Gasteiger partial charge is 0.307 e. The second kappa shape index (κ2) is 10.4. The Labute approximate surface area is 184 Å². The second-order valence-corrected chi connectivity index (χ2v) is 10.0. The molecule has 0 radical (unpaired) electrons. The third-order valence-electron chi connectivity index (χ3n) is 5.09. The fourth-order valence-corrected chi connectivity index (χ4v) is 5.76. The van der Waals surface area contributed by atoms with Crippen LogP contribution in [0, 0.1) is 5.92 Å². The van der Waals surface area contributed by atoms with E-state index in [1.807, 2.05) is 13.8 Å². The molecule has 0 aromatic carbocycles. The number of thioether (sulfide) groups is 1. The zero-order chi connectivity index (χ0) is 21.7. The number of carbonyl (C=O) groups is 2. The number of aromatic amines is 1. The summed E-state index contributed by atoms with van der Waals surface area (Å²) in [5.74, 6) is 1.31. The standard InChI is InChI=1S/C21H29N3O4S2/c1-13(2)10-24(9-8-18(26)28-3)17(25)12-29-11-16-22-20(27)19-14-6-4-5-7-15(14)30-21(19)23-16/h13H,4-12H2,1-3H3,(H,22,23,27). The molecule has 7 nitrogen and oxygen atoms in total. The van der Waals surface area contributed by atoms with Crippen LogP contribution in [-0.4, -0.2) is 52.7 Å². The van der Waals surface area contributed by atoms with Gasteiger partial charge < -0.3 is 14.6 Å². The van der Waals surface area contributed by atoms with Crippen LogP contribution in [0.5, 0.6) is 0 Å². The summed E-state index contributed by atoms with van der Waals surface area (Å²) in [6, 6.07) is 0. The van der Waals surface area contributed by atoms with E-state index in [0.717, 1.165) is 29.5 Å². The summed E-state index contributed by atoms with van der Waals surface area (Å²) in [6.45, 7) is 5.02. The van der Waals surface area contributed by atoms with Gasteiger partial charge in [-0.3, -0.25) is 14.4 Å². The quantitative estimate of drug-likeness (QED) is 0.589. The minimum atomic E-state index is -0.321. The Morgan fingerprint density at radius 1 is 1.30 bits per heavy atom. The number of nitrogens with one attached hydrogen (secondary N) is 1. The molecule has 0 unspecified atom stereocenters. The molecule has 9 heteroatoms. The Kier molecular flexibility index (Phi) is 7.93. The van der Waals surface area contributed by atoms with E-state index in [2.05, 4.69) is 14.7 Å². The molecule has 0 spiro atoms. The molecule has 2 aromatic heterocycles. The van der Waals surface area contributed by atoms with E-state index in [-0.39, 0.29) is 29.6 Å². The van der Waals surface area contributed by atoms with E-state index in [0.29, 0.717) is 30.6 Å². The van der Waals surface area contributed by atoms with Crippen LogP contribution in [0.4, 0.5) is 0 Å². The lowest BCUT2D eigenvalue weighted by Gasteiger charge is -2.24. The van der Waals surface area contributed by atoms with Gasteiger partial charge in [-0.25, -0.2) is 4.98 Å². The molecule has 0 bridgehead atoms. The van der Waals surface area contributed by atoms with Gasteiger partial charge in [0, 0.05) is 18.0 Å². The molecule has 1 aliphatic carbocycles. The van der Waals surface area contributed by atoms with Crippen molar-refractivity contribution in [3.05, 3.63) is 26.6 Å². The molecule has 30 heavy (non-hydrogen) atoms. The number of aromatic nitrogens is 2. The van der Waals surface area contributed by atoms with Crippen LogP contribution >= 0.6 is 23.1 Å². The summed E-state index contributed by atoms with van der Waals surface area (Å²) in [5, 5.41) is 0.755. The average molecular weight is 452 g/mol. The first-order valence-corrected chi connectivity index (χ1v) is 12.3. The molecule has 1 N–H and O–H groups in total. The van der Waals surface area contributed by atoms with Gasteiger partial charge in [0.2, 0.25) is 5.91 Å². The van der Waals surface area contributed by atoms with E-state index in [1.165, 1.54) is 35.7 Å². The summed E-state index contributed by atoms with van der Waals surface area (Å²) >= 11 is 3.06. The van der Waals surface area contributed by atoms with Crippen molar-refractivity contribution in [1.29, 1.82) is 0 Å². The van der Waals surface area contributed by atoms with Gasteiger partial charge in [-0.1, -0.05) is 13.8 Å². The lowest BCUT2D eigenvalue weighted by atomic mass is 9.97. The Hall–Kier alpha value is -1.87. The molecule has 0 fully saturated rings. The highest BCUT2D eigenvalue weighted by Crippen LogP contribution is 2.33. The number of amides is 1. The number of H-pyrrole nitrogens is 1. The topological polar surface area (TPSA) is 92.4 Å². The fraction of sp³-hybridized carbons (Fsp3) is 0.619. The number of ether oxygens (including phenoxy) is 1. The van der Waals surface area contributed by atoms with E-state index in [4.69, 9.17) is 0 Å². The summed E-state index contributed by atoms with van der Waals surface area (Å²) in [4.78, 5) is 48.1. The maximum Gasteiger partial charge on any atom is 0.307 e. The minimum Gasteiger partial charge on any atom is -0.469 e. The molecular formula is C21H29N3O4S2. The van der Waals surface area contributed by atoms with Crippen molar-refractivity contribution < 1.29 is 14.3 Å². The van der Waals surface area contributed by atoms with Crippen LogP contribution in [0.1, 0.15) is 49.4 Å². The minimum absolute atomic E-state index is 0.0207. The predicted octanol–water partition coefficient (Wildman–Crippen LogP) is 3.14. The summed E-state index contributed by atoms with van der Waals surface area (Å²) in [6.07, 6.45) is 4.48. The summed E-state index contributed by atoms with van der Waals surface area (Å²) in [7, 11) is 1.35. The van der Waals surface area contributed by atoms with Crippen molar-refractivity contribution in [2.45, 2.75) is 51.7 Å². The third-order valence-corrected chi connectivity index (χ3v) is 7.20. The molecule has 3 rings (SSSR count). The molecule has 0 saturated heterocycles. The number of esters is 1. The van der Waals surface area contributed by atoms with Gasteiger partial charge in [0.25, 0.3) is 5.56 Å². The molecule has 1 amide bonds. The zero-order valence-corrected chi connectivity index (χ0v) is 19.4. The molecular weight excluding hydrogens is 422 g/mol. The Bertz CT molecular complexity index is 967. The van der Waals surface area contributed by atoms with Crippen molar-refractivity contribution in [3.8, 4) is 0 Å². The number of hydrogen-bond acceptors (Lipinski definition) is 7. The van der Waals surface area contributed by atoms with E-state index in [9.17, 15) is 14.4 Å². The fourth-order valence-electron chi connectivity index (χ4n) is 3.69. The number of aryl methyl sites for hydroxylation is 2. The number of carbonyl (C=O) groups excluding carboxylic acids is 2. The highest BCUT2D eigenvalue weighted by atomic mass is 32.2. The highest BCUT2D eigenvalue weighted by molar-refractivity contribution is 7.99. The monoisotopic (exact) mass is 451 g/mol. The van der Waals surface area contributed by atoms with Gasteiger partial charge in [0.15, 0.2) is 0 Å². The predicted molar refractivity (Wildman–Crippen MR) is 121 cm³/mol. The van der Waals surface area contributed by atoms with Crippen molar-refractivity contribution in [2.75, 3.05) is 26.0 Å². The van der Waals surface area contributed by atoms with E-state index in [1.54, 1.807) is 16.2 Å². The van der Waals surface area contributed by atoms with E-state index >= 15 is 0 Å². The Balaban J connectivity index is 1.61. The number of rotatable bonds is 9. The van der Waals surface area contributed by atoms with Crippen molar-refractivity contribution in [2.24, 2.45) is 5.92 Å². The molecule has 164 valence electrons. The number of thiophene rings is 1. The molecule has 2 aromatic rings. The zero-order valence-electron chi connectivity index (χ0n) is 17.8. The van der Waals surface area contributed by atoms with Gasteiger partial charge in [0.05, 0.1) is 30.4 Å². The summed E-state index contributed by atoms with van der Waals surface area (Å²) in [5.41, 5.74) is 1.11. The van der Waals surface area contributed by atoms with Gasteiger partial charge in [-0.15, -0.1) is 23.1 Å². The van der Waals surface area contributed by atoms with Crippen LogP contribution in [-0.2, 0) is 32.9 Å². The van der Waals surface area contributed by atoms with Crippen molar-refractivity contribution in [1.82, 2.24) is 14.9 Å². The normalized spacial score (nSPS) is 13.5. The molecule has 2 heterocycles. The van der Waals surface area contributed by atoms with Crippen LogP contribution in [0.15, 0.2) is 4.79 Å². The van der Waals surface area contributed by atoms with E-state index < -0.39 is 0 Å². The van der Waals surface area contributed by atoms with Crippen LogP contribution in [0.25, 0.3) is 10.2 Å². The average Bonchev–Trinajstić information content (AvgIpc) is 3.09. The molecule has 0 atom stereocenters. The number of hydrogen-bond donors (Lipinski definition) is 1. The van der Waals surface area contributed by atoms with Crippen LogP contribution in [0.2, 0.25) is 0 Å². The summed E-state index contributed by atoms with van der Waals surface area (Å²) < 4.78 is 4.68. The molecule has 1 aliphatic rings. The Morgan fingerprint density at radius 3 is 2.80 bits per heavy atom. The maximum absolute atomic E-state index is 12.6. The first-order chi connectivity index (χ1) is 14.4. The van der Waals surface area contributed by atoms with Gasteiger partial charge in [0.1, 0.15) is 10.7 Å². The van der Waals surface area contributed by atoms with Gasteiger partial charge in [-0.05, 0) is 37.2 Å². The second-order valence-electron chi connectivity index (χ2n) is 7.96. The molecule has 0 saturated carbocycles. The number of nitrogens with zero attached hydrogens (tertiary/aromatic N) is 2. The van der Waals surface area contributed by atoms with Crippen molar-refractivity contribution >= 4 is 45.2 Å². The SMILES string of the molecule is COC(=O)CCN(CC(C)C)C(=O)CSCc1nc2sc3c(c2c(=O)[nH]1)CCCC3. The molecule has 0 aliphatic heterocycles. The maximum atomic E-state index is 12.6. The first kappa shape index (κ1) is 22.8. The lowest BCUT2D eigenvalue weighted by molar-refractivity contribution is -0.141. The lowest BCUT2D eigenvalue weighted by Crippen LogP contribution is -2.37. The van der Waals surface area contributed by atoms with Crippen LogP contribution < -0.4 is 5.56 Å². The number of methoxy groups -OCH3 is 1. The van der Waals surface area contributed by atoms with Gasteiger partial charge in [-0.2, -0.15) is 0 Å². The van der Waals surface area contributed by atoms with Crippen LogP contribution in [0.3, 0.4) is 0 Å².